The molecule has 0 aromatic heterocycles. The molecule has 1 aliphatic carbocycles. The maximum Gasteiger partial charge on any atom is 0.223 e. The van der Waals surface area contributed by atoms with Crippen LogP contribution in [0.25, 0.3) is 0 Å². The highest BCUT2D eigenvalue weighted by molar-refractivity contribution is 7.88. The van der Waals surface area contributed by atoms with Crippen molar-refractivity contribution in [3.63, 3.8) is 0 Å². The van der Waals surface area contributed by atoms with Gasteiger partial charge in [-0.05, 0) is 56.2 Å². The number of nitrogens with zero attached hydrogens (tertiary/aromatic N) is 1. The van der Waals surface area contributed by atoms with Crippen LogP contribution in [-0.4, -0.2) is 38.3 Å². The van der Waals surface area contributed by atoms with E-state index in [0.717, 1.165) is 12.8 Å². The summed E-state index contributed by atoms with van der Waals surface area (Å²) in [4.78, 5) is 12.4. The second-order valence-electron chi connectivity index (χ2n) is 7.39. The van der Waals surface area contributed by atoms with Crippen LogP contribution in [0.3, 0.4) is 0 Å². The van der Waals surface area contributed by atoms with E-state index in [2.05, 4.69) is 11.4 Å². The number of sulfonamides is 1. The smallest absolute Gasteiger partial charge is 0.223 e. The summed E-state index contributed by atoms with van der Waals surface area (Å²) >= 11 is 5.94. The molecule has 1 fully saturated rings. The van der Waals surface area contributed by atoms with Crippen LogP contribution in [0.5, 0.6) is 0 Å². The third kappa shape index (κ3) is 5.80. The molecule has 27 heavy (non-hydrogen) atoms. The zero-order chi connectivity index (χ0) is 19.3. The number of allylic oxidation sites excluding steroid dienone is 1. The van der Waals surface area contributed by atoms with Gasteiger partial charge in [0.05, 0.1) is 5.75 Å². The lowest BCUT2D eigenvalue weighted by Gasteiger charge is -2.30. The Labute approximate surface area is 166 Å². The zero-order valence-corrected chi connectivity index (χ0v) is 17.1. The summed E-state index contributed by atoms with van der Waals surface area (Å²) in [7, 11) is -3.40. The fourth-order valence-corrected chi connectivity index (χ4v) is 5.50. The van der Waals surface area contributed by atoms with E-state index in [4.69, 9.17) is 11.6 Å². The summed E-state index contributed by atoms with van der Waals surface area (Å²) in [6.07, 6.45) is 7.98. The van der Waals surface area contributed by atoms with Gasteiger partial charge in [-0.2, -0.15) is 0 Å². The first-order valence-corrected chi connectivity index (χ1v) is 11.6. The summed E-state index contributed by atoms with van der Waals surface area (Å²) in [5.74, 6) is -0.112. The Morgan fingerprint density at radius 2 is 2.00 bits per heavy atom. The maximum atomic E-state index is 12.6. The van der Waals surface area contributed by atoms with Crippen molar-refractivity contribution in [3.05, 3.63) is 46.5 Å². The van der Waals surface area contributed by atoms with Crippen LogP contribution >= 0.6 is 11.6 Å². The quantitative estimate of drug-likeness (QED) is 0.730. The van der Waals surface area contributed by atoms with Gasteiger partial charge in [-0.25, -0.2) is 12.7 Å². The van der Waals surface area contributed by atoms with E-state index in [9.17, 15) is 13.2 Å². The zero-order valence-electron chi connectivity index (χ0n) is 15.5. The summed E-state index contributed by atoms with van der Waals surface area (Å²) < 4.78 is 26.8. The number of benzene rings is 1. The van der Waals surface area contributed by atoms with Crippen molar-refractivity contribution in [3.8, 4) is 0 Å². The first-order chi connectivity index (χ1) is 12.9. The molecule has 1 aromatic carbocycles. The molecule has 0 unspecified atom stereocenters. The van der Waals surface area contributed by atoms with E-state index in [-0.39, 0.29) is 17.6 Å². The van der Waals surface area contributed by atoms with Crippen molar-refractivity contribution in [2.45, 2.75) is 44.3 Å². The van der Waals surface area contributed by atoms with Gasteiger partial charge in [0.15, 0.2) is 0 Å². The van der Waals surface area contributed by atoms with Crippen molar-refractivity contribution in [1.82, 2.24) is 9.62 Å². The first-order valence-electron chi connectivity index (χ1n) is 9.62. The van der Waals surface area contributed by atoms with Gasteiger partial charge in [0.2, 0.25) is 15.9 Å². The number of carbonyl (C=O) groups excluding carboxylic acids is 1. The predicted molar refractivity (Wildman–Crippen MR) is 108 cm³/mol. The van der Waals surface area contributed by atoms with Gasteiger partial charge < -0.3 is 5.32 Å². The Balaban J connectivity index is 1.48. The van der Waals surface area contributed by atoms with Crippen LogP contribution < -0.4 is 5.32 Å². The lowest BCUT2D eigenvalue weighted by atomic mass is 9.96. The van der Waals surface area contributed by atoms with E-state index in [1.54, 1.807) is 24.3 Å². The molecule has 1 N–H and O–H groups in total. The molecule has 0 radical (unpaired) electrons. The normalized spacial score (nSPS) is 19.5. The van der Waals surface area contributed by atoms with Gasteiger partial charge in [0, 0.05) is 30.6 Å². The number of amides is 1. The molecule has 1 aliphatic heterocycles. The number of halogens is 1. The van der Waals surface area contributed by atoms with E-state index in [1.165, 1.54) is 22.7 Å². The molecule has 1 amide bonds. The minimum Gasteiger partial charge on any atom is -0.352 e. The fourth-order valence-electron chi connectivity index (χ4n) is 3.74. The van der Waals surface area contributed by atoms with Crippen molar-refractivity contribution in [2.75, 3.05) is 19.6 Å². The van der Waals surface area contributed by atoms with Crippen LogP contribution in [0.4, 0.5) is 0 Å². The molecule has 0 atom stereocenters. The number of piperidine rings is 1. The van der Waals surface area contributed by atoms with Gasteiger partial charge in [-0.3, -0.25) is 4.79 Å². The van der Waals surface area contributed by atoms with Gasteiger partial charge in [-0.1, -0.05) is 35.4 Å². The van der Waals surface area contributed by atoms with Gasteiger partial charge in [-0.15, -0.1) is 0 Å². The third-order valence-corrected chi connectivity index (χ3v) is 7.42. The van der Waals surface area contributed by atoms with Gasteiger partial charge >= 0.3 is 0 Å². The topological polar surface area (TPSA) is 66.5 Å². The Kier molecular flexibility index (Phi) is 6.95. The number of hydrogen-bond acceptors (Lipinski definition) is 3. The van der Waals surface area contributed by atoms with Crippen LogP contribution in [-0.2, 0) is 20.6 Å². The summed E-state index contributed by atoms with van der Waals surface area (Å²) in [5.41, 5.74) is 2.00. The fraction of sp³-hybridized carbons (Fsp3) is 0.550. The Hall–Kier alpha value is -1.37. The average Bonchev–Trinajstić information content (AvgIpc) is 2.67. The van der Waals surface area contributed by atoms with Crippen LogP contribution in [0.2, 0.25) is 5.02 Å². The molecule has 0 bridgehead atoms. The molecule has 1 saturated heterocycles. The second-order valence-corrected chi connectivity index (χ2v) is 9.79. The maximum absolute atomic E-state index is 12.6. The van der Waals surface area contributed by atoms with Crippen LogP contribution in [0.1, 0.15) is 44.1 Å². The molecule has 148 valence electrons. The van der Waals surface area contributed by atoms with Crippen LogP contribution in [0.15, 0.2) is 35.9 Å². The largest absolute Gasteiger partial charge is 0.352 e. The monoisotopic (exact) mass is 410 g/mol. The molecule has 0 saturated carbocycles. The highest BCUT2D eigenvalue weighted by Gasteiger charge is 2.31. The Morgan fingerprint density at radius 3 is 2.67 bits per heavy atom. The number of hydrogen-bond donors (Lipinski definition) is 1. The van der Waals surface area contributed by atoms with Crippen molar-refractivity contribution in [1.29, 1.82) is 0 Å². The SMILES string of the molecule is O=C(NCC1=CCCCC1)C1CCN(S(=O)(=O)Cc2cccc(Cl)c2)CC1. The number of rotatable bonds is 6. The van der Waals surface area contributed by atoms with Gasteiger partial charge in [0.1, 0.15) is 0 Å². The Bertz CT molecular complexity index is 799. The van der Waals surface area contributed by atoms with Crippen molar-refractivity contribution < 1.29 is 13.2 Å². The molecule has 3 rings (SSSR count). The third-order valence-electron chi connectivity index (χ3n) is 5.33. The second kappa shape index (κ2) is 9.22. The highest BCUT2D eigenvalue weighted by atomic mass is 35.5. The summed E-state index contributed by atoms with van der Waals surface area (Å²) in [6, 6.07) is 6.93. The summed E-state index contributed by atoms with van der Waals surface area (Å²) in [6.45, 7) is 1.42. The lowest BCUT2D eigenvalue weighted by molar-refractivity contribution is -0.125. The van der Waals surface area contributed by atoms with Crippen molar-refractivity contribution in [2.24, 2.45) is 5.92 Å². The van der Waals surface area contributed by atoms with E-state index in [0.29, 0.717) is 43.1 Å². The molecule has 1 aromatic rings. The molecular weight excluding hydrogens is 384 g/mol. The number of carbonyl (C=O) groups is 1. The highest BCUT2D eigenvalue weighted by Crippen LogP contribution is 2.23. The minimum absolute atomic E-state index is 0.0494. The van der Waals surface area contributed by atoms with E-state index >= 15 is 0 Å². The molecular formula is C20H27ClN2O3S. The van der Waals surface area contributed by atoms with E-state index in [1.807, 2.05) is 0 Å². The molecule has 1 heterocycles. The van der Waals surface area contributed by atoms with Gasteiger partial charge in [0.25, 0.3) is 0 Å². The lowest BCUT2D eigenvalue weighted by Crippen LogP contribution is -2.43. The first kappa shape index (κ1) is 20.4. The van der Waals surface area contributed by atoms with Crippen LogP contribution in [0, 0.1) is 5.92 Å². The molecule has 5 nitrogen and oxygen atoms in total. The average molecular weight is 411 g/mol. The number of nitrogens with one attached hydrogen (secondary N) is 1. The molecule has 0 spiro atoms. The molecule has 2 aliphatic rings. The van der Waals surface area contributed by atoms with Crippen molar-refractivity contribution >= 4 is 27.5 Å². The standard InChI is InChI=1S/C20H27ClN2O3S/c21-19-8-4-7-17(13-19)15-27(25,26)23-11-9-18(10-12-23)20(24)22-14-16-5-2-1-3-6-16/h4-5,7-8,13,18H,1-3,6,9-12,14-15H2,(H,22,24). The molecule has 7 heteroatoms. The Morgan fingerprint density at radius 1 is 1.22 bits per heavy atom. The predicted octanol–water partition coefficient (Wildman–Crippen LogP) is 3.50. The minimum atomic E-state index is -3.40. The summed E-state index contributed by atoms with van der Waals surface area (Å²) in [5, 5.41) is 3.57. The van der Waals surface area contributed by atoms with E-state index < -0.39 is 10.0 Å².